The van der Waals surface area contributed by atoms with Gasteiger partial charge in [0.05, 0.1) is 11.3 Å². The number of hydrogen-bond donors (Lipinski definition) is 2. The number of amides is 1. The maximum atomic E-state index is 13.0. The fourth-order valence-corrected chi connectivity index (χ4v) is 5.99. The van der Waals surface area contributed by atoms with Gasteiger partial charge >= 0.3 is 0 Å². The zero-order chi connectivity index (χ0) is 18.1. The summed E-state index contributed by atoms with van der Waals surface area (Å²) in [6.45, 7) is 1.12. The monoisotopic (exact) mass is 376 g/mol. The van der Waals surface area contributed by atoms with E-state index in [1.165, 1.54) is 40.7 Å². The number of piperidine rings is 1. The second-order valence-corrected chi connectivity index (χ2v) is 8.70. The van der Waals surface area contributed by atoms with Crippen LogP contribution in [0.4, 0.5) is 5.13 Å². The van der Waals surface area contributed by atoms with Crippen molar-refractivity contribution in [2.75, 3.05) is 18.9 Å². The fourth-order valence-electron chi connectivity index (χ4n) is 5.46. The molecule has 27 heavy (non-hydrogen) atoms. The average molecular weight is 376 g/mol. The van der Waals surface area contributed by atoms with Gasteiger partial charge in [-0.2, -0.15) is 0 Å². The molecule has 6 heteroatoms. The maximum Gasteiger partial charge on any atom is 0.259 e. The minimum absolute atomic E-state index is 0.0706. The molecule has 2 unspecified atom stereocenters. The molecule has 1 aliphatic heterocycles. The molecule has 3 aliphatic rings. The summed E-state index contributed by atoms with van der Waals surface area (Å²) in [6.07, 6.45) is 6.36. The van der Waals surface area contributed by atoms with Crippen molar-refractivity contribution in [3.8, 4) is 0 Å². The van der Waals surface area contributed by atoms with E-state index in [9.17, 15) is 4.79 Å². The Morgan fingerprint density at radius 1 is 1.41 bits per heavy atom. The normalized spacial score (nSPS) is 26.1. The third-order valence-corrected chi connectivity index (χ3v) is 7.14. The Morgan fingerprint density at radius 3 is 3.19 bits per heavy atom. The van der Waals surface area contributed by atoms with Crippen LogP contribution in [0.25, 0.3) is 16.5 Å². The first-order valence-electron chi connectivity index (χ1n) is 9.50. The molecule has 3 heterocycles. The molecule has 0 bridgehead atoms. The van der Waals surface area contributed by atoms with Crippen molar-refractivity contribution in [1.29, 1.82) is 0 Å². The Labute approximate surface area is 161 Å². The van der Waals surface area contributed by atoms with Crippen molar-refractivity contribution in [2.45, 2.75) is 30.7 Å². The number of benzene rings is 1. The highest BCUT2D eigenvalue weighted by Crippen LogP contribution is 2.54. The van der Waals surface area contributed by atoms with E-state index in [-0.39, 0.29) is 11.8 Å². The van der Waals surface area contributed by atoms with Gasteiger partial charge in [-0.05, 0) is 43.6 Å². The van der Waals surface area contributed by atoms with Gasteiger partial charge in [0, 0.05) is 40.4 Å². The SMILES string of the molecule is CN1CCCC2c3cccc4[nH]c5c(c34)C(C=C5C(=O)Nc3nccs3)[C@H]21. The number of fused-ring (bicyclic) bond motifs is 3. The van der Waals surface area contributed by atoms with E-state index in [1.807, 2.05) is 5.38 Å². The molecule has 6 rings (SSSR count). The summed E-state index contributed by atoms with van der Waals surface area (Å²) in [5.41, 5.74) is 5.68. The van der Waals surface area contributed by atoms with Gasteiger partial charge in [-0.3, -0.25) is 10.1 Å². The van der Waals surface area contributed by atoms with Gasteiger partial charge in [-0.1, -0.05) is 18.2 Å². The Morgan fingerprint density at radius 2 is 2.33 bits per heavy atom. The van der Waals surface area contributed by atoms with Gasteiger partial charge < -0.3 is 9.88 Å². The lowest BCUT2D eigenvalue weighted by atomic mass is 9.70. The lowest BCUT2D eigenvalue weighted by Crippen LogP contribution is -2.46. The van der Waals surface area contributed by atoms with E-state index in [4.69, 9.17) is 0 Å². The molecule has 5 nitrogen and oxygen atoms in total. The standard InChI is InChI=1S/C21H20N4OS/c1-25-8-3-5-12-11-4-2-6-15-16(11)17-13(19(12)25)10-14(18(17)23-15)20(26)24-21-22-7-9-27-21/h2,4,6-7,9-10,12-13,19,23H,3,5,8H2,1H3,(H,22,24,26)/t12?,13?,19-/m0/s1. The van der Waals surface area contributed by atoms with Crippen LogP contribution in [0.3, 0.4) is 0 Å². The Kier molecular flexibility index (Phi) is 3.20. The third kappa shape index (κ3) is 2.08. The number of likely N-dealkylation sites (tertiary alicyclic amines) is 1. The van der Waals surface area contributed by atoms with Crippen molar-refractivity contribution in [2.24, 2.45) is 0 Å². The molecular weight excluding hydrogens is 356 g/mol. The van der Waals surface area contributed by atoms with Crippen molar-refractivity contribution in [3.63, 3.8) is 0 Å². The van der Waals surface area contributed by atoms with Crippen molar-refractivity contribution in [1.82, 2.24) is 14.9 Å². The quantitative estimate of drug-likeness (QED) is 0.712. The summed E-state index contributed by atoms with van der Waals surface area (Å²) in [5, 5.41) is 6.83. The first-order valence-corrected chi connectivity index (χ1v) is 10.4. The summed E-state index contributed by atoms with van der Waals surface area (Å²) in [5.74, 6) is 0.737. The molecule has 3 aromatic rings. The molecule has 1 aromatic carbocycles. The first-order chi connectivity index (χ1) is 13.2. The molecule has 1 saturated heterocycles. The van der Waals surface area contributed by atoms with Crippen LogP contribution in [-0.4, -0.2) is 40.4 Å². The number of likely N-dealkylation sites (N-methyl/N-ethyl adjacent to an activating group) is 1. The van der Waals surface area contributed by atoms with Gasteiger partial charge in [-0.25, -0.2) is 4.98 Å². The van der Waals surface area contributed by atoms with Crippen molar-refractivity contribution >= 4 is 38.9 Å². The second-order valence-electron chi connectivity index (χ2n) is 7.80. The second kappa shape index (κ2) is 5.53. The Bertz CT molecular complexity index is 1100. The smallest absolute Gasteiger partial charge is 0.259 e. The summed E-state index contributed by atoms with van der Waals surface area (Å²) < 4.78 is 0. The largest absolute Gasteiger partial charge is 0.354 e. The number of thiazole rings is 1. The number of anilines is 1. The summed E-state index contributed by atoms with van der Waals surface area (Å²) >= 11 is 1.44. The molecular formula is C21H20N4OS. The molecule has 2 aliphatic carbocycles. The van der Waals surface area contributed by atoms with Gasteiger partial charge in [0.2, 0.25) is 0 Å². The van der Waals surface area contributed by atoms with E-state index in [0.29, 0.717) is 17.1 Å². The van der Waals surface area contributed by atoms with Crippen LogP contribution < -0.4 is 5.32 Å². The molecule has 3 atom stereocenters. The van der Waals surface area contributed by atoms with Gasteiger partial charge in [-0.15, -0.1) is 11.3 Å². The molecule has 0 radical (unpaired) electrons. The number of nitrogens with one attached hydrogen (secondary N) is 2. The molecule has 1 fully saturated rings. The van der Waals surface area contributed by atoms with Crippen molar-refractivity contribution < 1.29 is 4.79 Å². The van der Waals surface area contributed by atoms with Crippen LogP contribution in [0.1, 0.15) is 41.5 Å². The van der Waals surface area contributed by atoms with E-state index in [0.717, 1.165) is 23.3 Å². The molecule has 0 saturated carbocycles. The topological polar surface area (TPSA) is 61.0 Å². The summed E-state index contributed by atoms with van der Waals surface area (Å²) in [4.78, 5) is 23.3. The minimum atomic E-state index is -0.0706. The molecule has 2 N–H and O–H groups in total. The number of carbonyl (C=O) groups is 1. The lowest BCUT2D eigenvalue weighted by molar-refractivity contribution is -0.111. The predicted octanol–water partition coefficient (Wildman–Crippen LogP) is 3.94. The highest BCUT2D eigenvalue weighted by Gasteiger charge is 2.46. The number of hydrogen-bond acceptors (Lipinski definition) is 4. The number of aromatic amines is 1. The Hall–Kier alpha value is -2.44. The van der Waals surface area contributed by atoms with Gasteiger partial charge in [0.25, 0.3) is 5.91 Å². The zero-order valence-corrected chi connectivity index (χ0v) is 15.8. The number of carbonyl (C=O) groups excluding carboxylic acids is 1. The van der Waals surface area contributed by atoms with Crippen LogP contribution in [0.2, 0.25) is 0 Å². The maximum absolute atomic E-state index is 13.0. The number of H-pyrrole nitrogens is 1. The highest BCUT2D eigenvalue weighted by molar-refractivity contribution is 7.13. The predicted molar refractivity (Wildman–Crippen MR) is 108 cm³/mol. The van der Waals surface area contributed by atoms with Crippen LogP contribution in [0.15, 0.2) is 35.9 Å². The first kappa shape index (κ1) is 15.6. The summed E-state index contributed by atoms with van der Waals surface area (Å²) in [7, 11) is 2.23. The van der Waals surface area contributed by atoms with Crippen LogP contribution in [0.5, 0.6) is 0 Å². The van der Waals surface area contributed by atoms with Crippen LogP contribution in [0, 0.1) is 0 Å². The number of rotatable bonds is 2. The minimum Gasteiger partial charge on any atom is -0.354 e. The third-order valence-electron chi connectivity index (χ3n) is 6.46. The van der Waals surface area contributed by atoms with E-state index in [2.05, 4.69) is 51.5 Å². The van der Waals surface area contributed by atoms with E-state index >= 15 is 0 Å². The lowest BCUT2D eigenvalue weighted by Gasteiger charge is -2.45. The highest BCUT2D eigenvalue weighted by atomic mass is 32.1. The molecule has 136 valence electrons. The molecule has 1 amide bonds. The molecule has 2 aromatic heterocycles. The van der Waals surface area contributed by atoms with E-state index < -0.39 is 0 Å². The van der Waals surface area contributed by atoms with Gasteiger partial charge in [0.1, 0.15) is 0 Å². The molecule has 0 spiro atoms. The number of aromatic nitrogens is 2. The van der Waals surface area contributed by atoms with Gasteiger partial charge in [0.15, 0.2) is 5.13 Å². The van der Waals surface area contributed by atoms with Crippen LogP contribution >= 0.6 is 11.3 Å². The van der Waals surface area contributed by atoms with Crippen molar-refractivity contribution in [3.05, 3.63) is 52.7 Å². The average Bonchev–Trinajstić information content (AvgIpc) is 3.37. The fraction of sp³-hybridized carbons (Fsp3) is 0.333. The zero-order valence-electron chi connectivity index (χ0n) is 15.0. The Balaban J connectivity index is 1.52. The number of nitrogens with zero attached hydrogens (tertiary/aromatic N) is 2. The van der Waals surface area contributed by atoms with E-state index in [1.54, 1.807) is 6.20 Å². The van der Waals surface area contributed by atoms with Crippen LogP contribution in [-0.2, 0) is 4.79 Å². The summed E-state index contributed by atoms with van der Waals surface area (Å²) in [6, 6.07) is 7.00.